The van der Waals surface area contributed by atoms with Crippen LogP contribution in [0.2, 0.25) is 0 Å². The second-order valence-corrected chi connectivity index (χ2v) is 7.13. The zero-order valence-corrected chi connectivity index (χ0v) is 17.6. The second kappa shape index (κ2) is 8.07. The molecule has 0 atom stereocenters. The van der Waals surface area contributed by atoms with Crippen molar-refractivity contribution >= 4 is 11.2 Å². The number of benzene rings is 1. The molecular formula is C20H17F3N6O4. The van der Waals surface area contributed by atoms with Crippen molar-refractivity contribution in [2.75, 3.05) is 0 Å². The van der Waals surface area contributed by atoms with E-state index in [1.165, 1.54) is 41.6 Å². The van der Waals surface area contributed by atoms with Crippen LogP contribution in [0.3, 0.4) is 0 Å². The molecule has 0 radical (unpaired) electrons. The highest BCUT2D eigenvalue weighted by molar-refractivity contribution is 5.72. The van der Waals surface area contributed by atoms with Crippen LogP contribution in [0.4, 0.5) is 13.2 Å². The van der Waals surface area contributed by atoms with Crippen LogP contribution in [-0.2, 0) is 20.6 Å². The van der Waals surface area contributed by atoms with Crippen molar-refractivity contribution in [1.29, 1.82) is 0 Å². The van der Waals surface area contributed by atoms with E-state index in [1.807, 2.05) is 0 Å². The molecule has 1 aromatic carbocycles. The summed E-state index contributed by atoms with van der Waals surface area (Å²) in [7, 11) is 2.76. The molecule has 0 fully saturated rings. The van der Waals surface area contributed by atoms with Gasteiger partial charge in [0, 0.05) is 26.4 Å². The van der Waals surface area contributed by atoms with Crippen molar-refractivity contribution in [2.24, 2.45) is 14.1 Å². The van der Waals surface area contributed by atoms with Gasteiger partial charge in [-0.1, -0.05) is 6.07 Å². The Morgan fingerprint density at radius 3 is 2.42 bits per heavy atom. The maximum absolute atomic E-state index is 12.9. The Kier molecular flexibility index (Phi) is 5.39. The lowest BCUT2D eigenvalue weighted by Gasteiger charge is -2.12. The van der Waals surface area contributed by atoms with Crippen molar-refractivity contribution < 1.29 is 22.6 Å². The van der Waals surface area contributed by atoms with Gasteiger partial charge in [-0.25, -0.2) is 4.79 Å². The average molecular weight is 462 g/mol. The highest BCUT2D eigenvalue weighted by Crippen LogP contribution is 2.30. The molecule has 0 aliphatic heterocycles. The Balaban J connectivity index is 1.85. The second-order valence-electron chi connectivity index (χ2n) is 7.13. The Bertz CT molecular complexity index is 1450. The summed E-state index contributed by atoms with van der Waals surface area (Å²) in [5.74, 6) is -0.513. The summed E-state index contributed by atoms with van der Waals surface area (Å²) < 4.78 is 50.9. The first-order valence-corrected chi connectivity index (χ1v) is 9.51. The minimum absolute atomic E-state index is 0.00526. The maximum Gasteiger partial charge on any atom is 0.573 e. The van der Waals surface area contributed by atoms with E-state index in [0.29, 0.717) is 11.4 Å². The summed E-state index contributed by atoms with van der Waals surface area (Å²) in [6.45, 7) is 1.77. The third kappa shape index (κ3) is 4.42. The van der Waals surface area contributed by atoms with Crippen molar-refractivity contribution in [1.82, 2.24) is 28.7 Å². The van der Waals surface area contributed by atoms with Gasteiger partial charge in [-0.05, 0) is 19.1 Å². The number of fused-ring (bicyclic) bond motifs is 1. The third-order valence-corrected chi connectivity index (χ3v) is 4.72. The molecule has 0 bridgehead atoms. The number of alkyl halides is 3. The SMILES string of the molecule is Cc1cnc(Cn2c(Oc3cccc(OC(F)(F)F)c3)nc3c2c(=O)n(C)c(=O)n3C)cn1. The van der Waals surface area contributed by atoms with Crippen LogP contribution < -0.4 is 20.7 Å². The molecule has 0 aliphatic carbocycles. The molecule has 0 aliphatic rings. The lowest BCUT2D eigenvalue weighted by Crippen LogP contribution is -2.37. The predicted octanol–water partition coefficient (Wildman–Crippen LogP) is 2.27. The number of rotatable bonds is 5. The van der Waals surface area contributed by atoms with Gasteiger partial charge in [-0.15, -0.1) is 13.2 Å². The summed E-state index contributed by atoms with van der Waals surface area (Å²) in [6, 6.07) is 4.72. The Hall–Kier alpha value is -4.16. The minimum Gasteiger partial charge on any atom is -0.425 e. The third-order valence-electron chi connectivity index (χ3n) is 4.72. The van der Waals surface area contributed by atoms with Crippen molar-refractivity contribution in [3.63, 3.8) is 0 Å². The number of halogens is 3. The van der Waals surface area contributed by atoms with E-state index in [1.54, 1.807) is 13.1 Å². The van der Waals surface area contributed by atoms with Crippen LogP contribution in [0.1, 0.15) is 11.4 Å². The number of ether oxygens (including phenoxy) is 2. The molecular weight excluding hydrogens is 445 g/mol. The molecule has 0 N–H and O–H groups in total. The van der Waals surface area contributed by atoms with E-state index >= 15 is 0 Å². The molecule has 33 heavy (non-hydrogen) atoms. The van der Waals surface area contributed by atoms with Gasteiger partial charge in [0.1, 0.15) is 11.5 Å². The minimum atomic E-state index is -4.87. The van der Waals surface area contributed by atoms with Crippen LogP contribution >= 0.6 is 0 Å². The largest absolute Gasteiger partial charge is 0.573 e. The smallest absolute Gasteiger partial charge is 0.425 e. The molecule has 4 aromatic rings. The van der Waals surface area contributed by atoms with Gasteiger partial charge in [0.25, 0.3) is 5.56 Å². The average Bonchev–Trinajstić information content (AvgIpc) is 3.09. The topological polar surface area (TPSA) is 106 Å². The first-order valence-electron chi connectivity index (χ1n) is 9.51. The number of imidazole rings is 1. The number of aryl methyl sites for hydroxylation is 2. The molecule has 10 nitrogen and oxygen atoms in total. The number of hydrogen-bond donors (Lipinski definition) is 0. The highest BCUT2D eigenvalue weighted by Gasteiger charge is 2.31. The van der Waals surface area contributed by atoms with Gasteiger partial charge in [-0.3, -0.25) is 28.5 Å². The number of nitrogens with zero attached hydrogens (tertiary/aromatic N) is 6. The fourth-order valence-electron chi connectivity index (χ4n) is 3.15. The van der Waals surface area contributed by atoms with E-state index in [-0.39, 0.29) is 29.5 Å². The van der Waals surface area contributed by atoms with Crippen LogP contribution in [0.25, 0.3) is 11.2 Å². The highest BCUT2D eigenvalue weighted by atomic mass is 19.4. The van der Waals surface area contributed by atoms with Crippen LogP contribution in [-0.4, -0.2) is 35.0 Å². The first-order chi connectivity index (χ1) is 15.5. The van der Waals surface area contributed by atoms with Gasteiger partial charge < -0.3 is 9.47 Å². The normalized spacial score (nSPS) is 11.7. The predicted molar refractivity (Wildman–Crippen MR) is 109 cm³/mol. The first kappa shape index (κ1) is 22.0. The van der Waals surface area contributed by atoms with Gasteiger partial charge in [0.15, 0.2) is 11.2 Å². The molecule has 0 unspecified atom stereocenters. The van der Waals surface area contributed by atoms with Crippen LogP contribution in [0.15, 0.2) is 46.2 Å². The zero-order valence-electron chi connectivity index (χ0n) is 17.6. The van der Waals surface area contributed by atoms with Crippen molar-refractivity contribution in [3.8, 4) is 17.5 Å². The van der Waals surface area contributed by atoms with Gasteiger partial charge in [0.05, 0.1) is 24.1 Å². The van der Waals surface area contributed by atoms with Crippen molar-refractivity contribution in [3.05, 3.63) is 68.9 Å². The van der Waals surface area contributed by atoms with Gasteiger partial charge >= 0.3 is 18.1 Å². The fraction of sp³-hybridized carbons (Fsp3) is 0.250. The Morgan fingerprint density at radius 2 is 1.76 bits per heavy atom. The maximum atomic E-state index is 12.9. The van der Waals surface area contributed by atoms with Gasteiger partial charge in [-0.2, -0.15) is 4.98 Å². The molecule has 0 saturated heterocycles. The van der Waals surface area contributed by atoms with Gasteiger partial charge in [0.2, 0.25) is 0 Å². The molecule has 0 spiro atoms. The van der Waals surface area contributed by atoms with Crippen LogP contribution in [0.5, 0.6) is 17.5 Å². The molecule has 3 aromatic heterocycles. The summed E-state index contributed by atoms with van der Waals surface area (Å²) in [5.41, 5.74) is 0.0323. The summed E-state index contributed by atoms with van der Waals surface area (Å²) in [4.78, 5) is 37.9. The monoisotopic (exact) mass is 462 g/mol. The van der Waals surface area contributed by atoms with E-state index < -0.39 is 23.4 Å². The lowest BCUT2D eigenvalue weighted by atomic mass is 10.3. The van der Waals surface area contributed by atoms with Crippen LogP contribution in [0, 0.1) is 6.92 Å². The number of aromatic nitrogens is 6. The fourth-order valence-corrected chi connectivity index (χ4v) is 3.15. The number of hydrogen-bond acceptors (Lipinski definition) is 7. The Morgan fingerprint density at radius 1 is 1.03 bits per heavy atom. The van der Waals surface area contributed by atoms with E-state index in [4.69, 9.17) is 4.74 Å². The van der Waals surface area contributed by atoms with E-state index in [0.717, 1.165) is 16.7 Å². The molecule has 13 heteroatoms. The summed E-state index contributed by atoms with van der Waals surface area (Å²) >= 11 is 0. The Labute approximate surface area is 183 Å². The molecule has 0 amide bonds. The summed E-state index contributed by atoms with van der Waals surface area (Å²) in [6.07, 6.45) is -1.82. The molecule has 172 valence electrons. The zero-order chi connectivity index (χ0) is 23.9. The quantitative estimate of drug-likeness (QED) is 0.448. The van der Waals surface area contributed by atoms with E-state index in [2.05, 4.69) is 19.7 Å². The van der Waals surface area contributed by atoms with Crippen molar-refractivity contribution in [2.45, 2.75) is 19.8 Å². The van der Waals surface area contributed by atoms with E-state index in [9.17, 15) is 22.8 Å². The molecule has 3 heterocycles. The molecule has 4 rings (SSSR count). The summed E-state index contributed by atoms with van der Waals surface area (Å²) in [5, 5.41) is 0. The standard InChI is InChI=1S/C20H17F3N6O4/c1-11-8-25-12(9-24-11)10-29-15-16(27(2)19(31)28(3)17(15)30)26-18(29)32-13-5-4-6-14(7-13)33-20(21,22)23/h4-9H,10H2,1-3H3. The lowest BCUT2D eigenvalue weighted by molar-refractivity contribution is -0.274. The molecule has 0 saturated carbocycles.